The van der Waals surface area contributed by atoms with E-state index in [1.807, 2.05) is 18.2 Å². The molecule has 2 N–H and O–H groups in total. The van der Waals surface area contributed by atoms with Gasteiger partial charge in [-0.15, -0.1) is 5.10 Å². The first kappa shape index (κ1) is 14.6. The average molecular weight is 300 g/mol. The van der Waals surface area contributed by atoms with E-state index in [0.717, 1.165) is 19.5 Å². The van der Waals surface area contributed by atoms with Crippen molar-refractivity contribution in [1.82, 2.24) is 30.8 Å². The Bertz CT molecular complexity index is 606. The lowest BCUT2D eigenvalue weighted by Gasteiger charge is -2.22. The molecular weight excluding hydrogens is 280 g/mol. The maximum Gasteiger partial charge on any atom is 0.253 e. The number of nitrogens with zero attached hydrogens (tertiary/aromatic N) is 4. The number of nitrogens with one attached hydrogen (secondary N) is 2. The SMILES string of the molecule is O=C(NCCC1CCCNC1)c1ccccc1-n1cnnn1. The summed E-state index contributed by atoms with van der Waals surface area (Å²) in [5, 5.41) is 17.5. The van der Waals surface area contributed by atoms with Crippen molar-refractivity contribution in [1.29, 1.82) is 0 Å². The Labute approximate surface area is 129 Å². The first-order chi connectivity index (χ1) is 10.8. The lowest BCUT2D eigenvalue weighted by molar-refractivity contribution is 0.0950. The second-order valence-electron chi connectivity index (χ2n) is 5.53. The molecule has 22 heavy (non-hydrogen) atoms. The Balaban J connectivity index is 1.60. The Kier molecular flexibility index (Phi) is 4.75. The number of benzene rings is 1. The van der Waals surface area contributed by atoms with Crippen LogP contribution in [0.3, 0.4) is 0 Å². The summed E-state index contributed by atoms with van der Waals surface area (Å²) in [6.45, 7) is 2.86. The van der Waals surface area contributed by atoms with Crippen molar-refractivity contribution in [2.75, 3.05) is 19.6 Å². The zero-order chi connectivity index (χ0) is 15.2. The Morgan fingerprint density at radius 2 is 2.32 bits per heavy atom. The highest BCUT2D eigenvalue weighted by Crippen LogP contribution is 2.14. The third-order valence-electron chi connectivity index (χ3n) is 3.98. The van der Waals surface area contributed by atoms with E-state index >= 15 is 0 Å². The molecule has 1 saturated heterocycles. The van der Waals surface area contributed by atoms with Crippen LogP contribution in [0.15, 0.2) is 30.6 Å². The van der Waals surface area contributed by atoms with Gasteiger partial charge in [0.2, 0.25) is 0 Å². The van der Waals surface area contributed by atoms with Gasteiger partial charge in [-0.1, -0.05) is 12.1 Å². The van der Waals surface area contributed by atoms with E-state index in [2.05, 4.69) is 26.2 Å². The molecule has 0 saturated carbocycles. The first-order valence-electron chi connectivity index (χ1n) is 7.66. The van der Waals surface area contributed by atoms with Gasteiger partial charge in [0.25, 0.3) is 5.91 Å². The van der Waals surface area contributed by atoms with Crippen LogP contribution >= 0.6 is 0 Å². The lowest BCUT2D eigenvalue weighted by atomic mass is 9.96. The largest absolute Gasteiger partial charge is 0.352 e. The standard InChI is InChI=1S/C15H20N6O/c22-15(17-9-7-12-4-3-8-16-10-12)13-5-1-2-6-14(13)21-11-18-19-20-21/h1-2,5-6,11-12,16H,3-4,7-10H2,(H,17,22). The summed E-state index contributed by atoms with van der Waals surface area (Å²) in [5.41, 5.74) is 1.26. The molecule has 2 heterocycles. The third-order valence-corrected chi connectivity index (χ3v) is 3.98. The van der Waals surface area contributed by atoms with Crippen LogP contribution in [0, 0.1) is 5.92 Å². The second-order valence-corrected chi connectivity index (χ2v) is 5.53. The summed E-state index contributed by atoms with van der Waals surface area (Å²) in [4.78, 5) is 12.4. The van der Waals surface area contributed by atoms with E-state index in [0.29, 0.717) is 23.7 Å². The van der Waals surface area contributed by atoms with Crippen LogP contribution in [-0.2, 0) is 0 Å². The quantitative estimate of drug-likeness (QED) is 0.852. The van der Waals surface area contributed by atoms with Crippen LogP contribution in [0.5, 0.6) is 0 Å². The minimum absolute atomic E-state index is 0.0881. The molecule has 1 aliphatic rings. The molecule has 116 valence electrons. The molecule has 0 radical (unpaired) electrons. The average Bonchev–Trinajstić information content (AvgIpc) is 3.10. The maximum atomic E-state index is 12.4. The van der Waals surface area contributed by atoms with Crippen molar-refractivity contribution in [3.63, 3.8) is 0 Å². The normalized spacial score (nSPS) is 18.1. The van der Waals surface area contributed by atoms with Gasteiger partial charge in [-0.3, -0.25) is 4.79 Å². The lowest BCUT2D eigenvalue weighted by Crippen LogP contribution is -2.33. The van der Waals surface area contributed by atoms with Crippen molar-refractivity contribution in [2.24, 2.45) is 5.92 Å². The smallest absolute Gasteiger partial charge is 0.253 e. The van der Waals surface area contributed by atoms with E-state index in [1.165, 1.54) is 23.9 Å². The molecular formula is C15H20N6O. The summed E-state index contributed by atoms with van der Waals surface area (Å²) in [7, 11) is 0. The Morgan fingerprint density at radius 1 is 1.41 bits per heavy atom. The Morgan fingerprint density at radius 3 is 3.09 bits per heavy atom. The zero-order valence-corrected chi connectivity index (χ0v) is 12.4. The molecule has 1 aliphatic heterocycles. The van der Waals surface area contributed by atoms with Gasteiger partial charge in [0.1, 0.15) is 6.33 Å². The third kappa shape index (κ3) is 3.48. The number of aromatic nitrogens is 4. The highest BCUT2D eigenvalue weighted by molar-refractivity contribution is 5.97. The van der Waals surface area contributed by atoms with Crippen molar-refractivity contribution in [3.8, 4) is 5.69 Å². The summed E-state index contributed by atoms with van der Waals surface area (Å²) >= 11 is 0. The van der Waals surface area contributed by atoms with Gasteiger partial charge in [0.05, 0.1) is 11.3 Å². The van der Waals surface area contributed by atoms with Crippen LogP contribution in [0.25, 0.3) is 5.69 Å². The summed E-state index contributed by atoms with van der Waals surface area (Å²) in [5.74, 6) is 0.568. The summed E-state index contributed by atoms with van der Waals surface area (Å²) < 4.78 is 1.50. The predicted octanol–water partition coefficient (Wildman–Crippen LogP) is 0.782. The van der Waals surface area contributed by atoms with E-state index < -0.39 is 0 Å². The van der Waals surface area contributed by atoms with Gasteiger partial charge in [0, 0.05) is 6.54 Å². The fourth-order valence-corrected chi connectivity index (χ4v) is 2.79. The highest BCUT2D eigenvalue weighted by Gasteiger charge is 2.15. The molecule has 7 nitrogen and oxygen atoms in total. The van der Waals surface area contributed by atoms with E-state index in [4.69, 9.17) is 0 Å². The van der Waals surface area contributed by atoms with Gasteiger partial charge in [-0.2, -0.15) is 4.68 Å². The molecule has 2 aromatic rings. The van der Waals surface area contributed by atoms with Gasteiger partial charge in [-0.25, -0.2) is 0 Å². The summed E-state index contributed by atoms with van der Waals surface area (Å²) in [6, 6.07) is 7.32. The minimum Gasteiger partial charge on any atom is -0.352 e. The van der Waals surface area contributed by atoms with Crippen LogP contribution in [0.4, 0.5) is 0 Å². The fraction of sp³-hybridized carbons (Fsp3) is 0.467. The van der Waals surface area contributed by atoms with Crippen LogP contribution < -0.4 is 10.6 Å². The first-order valence-corrected chi connectivity index (χ1v) is 7.66. The van der Waals surface area contributed by atoms with Crippen molar-refractivity contribution in [2.45, 2.75) is 19.3 Å². The number of amides is 1. The van der Waals surface area contributed by atoms with Crippen molar-refractivity contribution < 1.29 is 4.79 Å². The van der Waals surface area contributed by atoms with E-state index in [1.54, 1.807) is 6.07 Å². The van der Waals surface area contributed by atoms with Crippen LogP contribution in [0.1, 0.15) is 29.6 Å². The van der Waals surface area contributed by atoms with Gasteiger partial charge < -0.3 is 10.6 Å². The molecule has 1 amide bonds. The number of hydrogen-bond donors (Lipinski definition) is 2. The molecule has 1 unspecified atom stereocenters. The Hall–Kier alpha value is -2.28. The maximum absolute atomic E-state index is 12.4. The van der Waals surface area contributed by atoms with Gasteiger partial charge in [0.15, 0.2) is 0 Å². The number of rotatable bonds is 5. The molecule has 1 aromatic heterocycles. The van der Waals surface area contributed by atoms with E-state index in [9.17, 15) is 4.79 Å². The van der Waals surface area contributed by atoms with E-state index in [-0.39, 0.29) is 5.91 Å². The van der Waals surface area contributed by atoms with Crippen molar-refractivity contribution in [3.05, 3.63) is 36.2 Å². The number of carbonyl (C=O) groups excluding carboxylic acids is 1. The molecule has 0 aliphatic carbocycles. The van der Waals surface area contributed by atoms with Crippen LogP contribution in [-0.4, -0.2) is 45.7 Å². The monoisotopic (exact) mass is 300 g/mol. The highest BCUT2D eigenvalue weighted by atomic mass is 16.1. The fourth-order valence-electron chi connectivity index (χ4n) is 2.79. The molecule has 3 rings (SSSR count). The summed E-state index contributed by atoms with van der Waals surface area (Å²) in [6.07, 6.45) is 4.95. The second kappa shape index (κ2) is 7.13. The molecule has 1 aromatic carbocycles. The molecule has 0 bridgehead atoms. The number of tetrazole rings is 1. The molecule has 7 heteroatoms. The molecule has 1 fully saturated rings. The minimum atomic E-state index is -0.0881. The van der Waals surface area contributed by atoms with Gasteiger partial charge in [-0.05, 0) is 60.8 Å². The number of para-hydroxylation sites is 1. The number of hydrogen-bond acceptors (Lipinski definition) is 5. The molecule has 0 spiro atoms. The number of carbonyl (C=O) groups is 1. The van der Waals surface area contributed by atoms with Crippen molar-refractivity contribution >= 4 is 5.91 Å². The zero-order valence-electron chi connectivity index (χ0n) is 12.4. The van der Waals surface area contributed by atoms with Gasteiger partial charge >= 0.3 is 0 Å². The topological polar surface area (TPSA) is 84.7 Å². The predicted molar refractivity (Wildman–Crippen MR) is 81.7 cm³/mol. The number of piperidine rings is 1. The van der Waals surface area contributed by atoms with Crippen LogP contribution in [0.2, 0.25) is 0 Å². The molecule has 1 atom stereocenters.